The Hall–Kier alpha value is -0.980. The van der Waals surface area contributed by atoms with E-state index in [9.17, 15) is 19.8 Å². The van der Waals surface area contributed by atoms with Crippen molar-refractivity contribution in [3.05, 3.63) is 0 Å². The van der Waals surface area contributed by atoms with Crippen LogP contribution in [0.2, 0.25) is 0 Å². The number of carbonyl (C=O) groups is 2. The predicted octanol–water partition coefficient (Wildman–Crippen LogP) is -0.516. The largest absolute Gasteiger partial charge is 0.480 e. The third-order valence-electron chi connectivity index (χ3n) is 4.00. The topological polar surface area (TPSA) is 127 Å². The number of carboxylic acids is 1. The summed E-state index contributed by atoms with van der Waals surface area (Å²) in [6, 6.07) is -1.14. The van der Waals surface area contributed by atoms with Crippen molar-refractivity contribution in [2.75, 3.05) is 6.54 Å². The molecule has 0 aliphatic heterocycles. The molecule has 1 aliphatic rings. The molecule has 2 atom stereocenters. The highest BCUT2D eigenvalue weighted by atomic mass is 16.4. The lowest BCUT2D eigenvalue weighted by molar-refractivity contribution is -0.159. The van der Waals surface area contributed by atoms with Crippen LogP contribution in [0.15, 0.2) is 0 Å². The average molecular weight is 258 g/mol. The van der Waals surface area contributed by atoms with Crippen molar-refractivity contribution in [1.29, 1.82) is 0 Å². The van der Waals surface area contributed by atoms with Gasteiger partial charge in [-0.3, -0.25) is 9.59 Å². The fourth-order valence-corrected chi connectivity index (χ4v) is 2.51. The van der Waals surface area contributed by atoms with E-state index in [0.717, 1.165) is 0 Å². The molecule has 1 saturated carbocycles. The number of aliphatic carboxylic acids is 1. The summed E-state index contributed by atoms with van der Waals surface area (Å²) in [5, 5.41) is 18.7. The van der Waals surface area contributed by atoms with Gasteiger partial charge in [0, 0.05) is 0 Å². The van der Waals surface area contributed by atoms with E-state index in [1.54, 1.807) is 0 Å². The Morgan fingerprint density at radius 1 is 1.39 bits per heavy atom. The number of aliphatic hydroxyl groups excluding tert-OH is 1. The van der Waals surface area contributed by atoms with E-state index in [1.165, 1.54) is 6.92 Å². The van der Waals surface area contributed by atoms with E-state index < -0.39 is 29.3 Å². The van der Waals surface area contributed by atoms with Gasteiger partial charge in [0.05, 0.1) is 12.1 Å². The number of nitrogens with two attached hydrogens (primary N) is 2. The molecule has 1 fully saturated rings. The number of carboxylic acid groups (broad SMARTS) is 1. The second kappa shape index (κ2) is 5.77. The van der Waals surface area contributed by atoms with Gasteiger partial charge in [0.2, 0.25) is 0 Å². The molecule has 1 rings (SSSR count). The molecule has 0 saturated heterocycles. The van der Waals surface area contributed by atoms with Gasteiger partial charge in [0.25, 0.3) is 0 Å². The second-order valence-corrected chi connectivity index (χ2v) is 5.20. The number of ketones is 1. The minimum Gasteiger partial charge on any atom is -0.480 e. The van der Waals surface area contributed by atoms with E-state index in [0.29, 0.717) is 19.4 Å². The van der Waals surface area contributed by atoms with Crippen LogP contribution in [0.5, 0.6) is 0 Å². The maximum absolute atomic E-state index is 12.2. The minimum absolute atomic E-state index is 0.253. The lowest BCUT2D eigenvalue weighted by Gasteiger charge is -2.37. The first-order valence-corrected chi connectivity index (χ1v) is 6.26. The Morgan fingerprint density at radius 3 is 2.22 bits per heavy atom. The van der Waals surface area contributed by atoms with Crippen LogP contribution in [-0.2, 0) is 9.59 Å². The van der Waals surface area contributed by atoms with Crippen LogP contribution in [0.3, 0.4) is 0 Å². The first-order chi connectivity index (χ1) is 8.35. The van der Waals surface area contributed by atoms with Gasteiger partial charge in [-0.15, -0.1) is 0 Å². The van der Waals surface area contributed by atoms with Gasteiger partial charge in [-0.05, 0) is 45.1 Å². The Balaban J connectivity index is 2.90. The number of hydrogen-bond acceptors (Lipinski definition) is 5. The molecule has 6 nitrogen and oxygen atoms in total. The summed E-state index contributed by atoms with van der Waals surface area (Å²) in [5.41, 5.74) is 9.71. The first-order valence-electron chi connectivity index (χ1n) is 6.26. The highest BCUT2D eigenvalue weighted by molar-refractivity contribution is 6.05. The predicted molar refractivity (Wildman–Crippen MR) is 65.7 cm³/mol. The number of rotatable bonds is 5. The molecule has 0 unspecified atom stereocenters. The quantitative estimate of drug-likeness (QED) is 0.492. The number of aliphatic hydroxyl groups is 1. The van der Waals surface area contributed by atoms with Crippen molar-refractivity contribution in [3.8, 4) is 0 Å². The minimum atomic E-state index is -1.44. The van der Waals surface area contributed by atoms with Gasteiger partial charge in [-0.1, -0.05) is 0 Å². The zero-order chi connectivity index (χ0) is 13.9. The maximum Gasteiger partial charge on any atom is 0.317 e. The second-order valence-electron chi connectivity index (χ2n) is 5.20. The van der Waals surface area contributed by atoms with Gasteiger partial charge in [0.1, 0.15) is 5.41 Å². The molecule has 0 bridgehead atoms. The van der Waals surface area contributed by atoms with Crippen molar-refractivity contribution >= 4 is 11.8 Å². The zero-order valence-corrected chi connectivity index (χ0v) is 10.6. The molecule has 0 aromatic carbocycles. The summed E-state index contributed by atoms with van der Waals surface area (Å²) in [6.45, 7) is 1.90. The van der Waals surface area contributed by atoms with E-state index in [4.69, 9.17) is 11.5 Å². The van der Waals surface area contributed by atoms with Gasteiger partial charge in [-0.25, -0.2) is 0 Å². The monoisotopic (exact) mass is 258 g/mol. The Bertz CT molecular complexity index is 322. The average Bonchev–Trinajstić information content (AvgIpc) is 2.36. The van der Waals surface area contributed by atoms with Crippen LogP contribution in [0, 0.1) is 11.3 Å². The van der Waals surface area contributed by atoms with Crippen LogP contribution in [0.1, 0.15) is 32.6 Å². The molecule has 1 aliphatic carbocycles. The van der Waals surface area contributed by atoms with Crippen molar-refractivity contribution in [2.24, 2.45) is 22.8 Å². The van der Waals surface area contributed by atoms with Crippen LogP contribution in [0.4, 0.5) is 0 Å². The van der Waals surface area contributed by atoms with E-state index in [-0.39, 0.29) is 18.8 Å². The smallest absolute Gasteiger partial charge is 0.317 e. The molecular formula is C12H22N2O4. The first kappa shape index (κ1) is 15.1. The SMILES string of the molecule is C[C@@H](O)[C@H](N)C(=O)C1(C(=O)O)CCC(CN)CC1. The van der Waals surface area contributed by atoms with E-state index in [2.05, 4.69) is 0 Å². The molecule has 0 aromatic rings. The third-order valence-corrected chi connectivity index (χ3v) is 4.00. The number of hydrogen-bond donors (Lipinski definition) is 4. The van der Waals surface area contributed by atoms with Crippen molar-refractivity contribution in [1.82, 2.24) is 0 Å². The number of carbonyl (C=O) groups excluding carboxylic acids is 1. The molecule has 0 heterocycles. The Labute approximate surface area is 106 Å². The highest BCUT2D eigenvalue weighted by Gasteiger charge is 2.50. The van der Waals surface area contributed by atoms with Gasteiger partial charge in [0.15, 0.2) is 5.78 Å². The summed E-state index contributed by atoms with van der Waals surface area (Å²) < 4.78 is 0. The highest BCUT2D eigenvalue weighted by Crippen LogP contribution is 2.40. The summed E-state index contributed by atoms with van der Waals surface area (Å²) >= 11 is 0. The fraction of sp³-hybridized carbons (Fsp3) is 0.833. The standard InChI is InChI=1S/C12H22N2O4/c1-7(15)9(14)10(16)12(11(17)18)4-2-8(6-13)3-5-12/h7-9,15H,2-6,13-14H2,1H3,(H,17,18)/t7-,8?,9+,12?/m1/s1. The van der Waals surface area contributed by atoms with Crippen LogP contribution in [0.25, 0.3) is 0 Å². The number of Topliss-reactive ketones (excluding diaryl/α,β-unsaturated/α-hetero) is 1. The summed E-state index contributed by atoms with van der Waals surface area (Å²) in [6.07, 6.45) is 0.690. The molecule has 0 aromatic heterocycles. The van der Waals surface area contributed by atoms with Crippen molar-refractivity contribution in [2.45, 2.75) is 44.8 Å². The maximum atomic E-state index is 12.2. The molecular weight excluding hydrogens is 236 g/mol. The third kappa shape index (κ3) is 2.71. The van der Waals surface area contributed by atoms with E-state index in [1.807, 2.05) is 0 Å². The molecule has 0 radical (unpaired) electrons. The summed E-state index contributed by atoms with van der Waals surface area (Å²) in [5.74, 6) is -1.44. The zero-order valence-electron chi connectivity index (χ0n) is 10.6. The molecule has 0 amide bonds. The van der Waals surface area contributed by atoms with Gasteiger partial charge >= 0.3 is 5.97 Å². The normalized spacial score (nSPS) is 31.7. The van der Waals surface area contributed by atoms with Gasteiger partial charge < -0.3 is 21.7 Å². The molecule has 104 valence electrons. The lowest BCUT2D eigenvalue weighted by atomic mass is 9.66. The Kier molecular flexibility index (Phi) is 4.84. The van der Waals surface area contributed by atoms with Crippen molar-refractivity contribution in [3.63, 3.8) is 0 Å². The van der Waals surface area contributed by atoms with Crippen LogP contribution < -0.4 is 11.5 Å². The molecule has 0 spiro atoms. The summed E-state index contributed by atoms with van der Waals surface area (Å²) in [7, 11) is 0. The molecule has 6 N–H and O–H groups in total. The van der Waals surface area contributed by atoms with E-state index >= 15 is 0 Å². The molecule has 6 heteroatoms. The molecule has 18 heavy (non-hydrogen) atoms. The van der Waals surface area contributed by atoms with Gasteiger partial charge in [-0.2, -0.15) is 0 Å². The van der Waals surface area contributed by atoms with Crippen LogP contribution >= 0.6 is 0 Å². The Morgan fingerprint density at radius 2 is 1.89 bits per heavy atom. The fourth-order valence-electron chi connectivity index (χ4n) is 2.51. The summed E-state index contributed by atoms with van der Waals surface area (Å²) in [4.78, 5) is 23.7. The van der Waals surface area contributed by atoms with Crippen LogP contribution in [-0.4, -0.2) is 40.7 Å². The van der Waals surface area contributed by atoms with Crippen molar-refractivity contribution < 1.29 is 19.8 Å². The lowest BCUT2D eigenvalue weighted by Crippen LogP contribution is -2.53.